The van der Waals surface area contributed by atoms with Crippen molar-refractivity contribution >= 4 is 34.4 Å². The summed E-state index contributed by atoms with van der Waals surface area (Å²) in [6.07, 6.45) is 2.10. The lowest BCUT2D eigenvalue weighted by Crippen LogP contribution is -2.27. The Kier molecular flexibility index (Phi) is 4.78. The molecule has 1 saturated carbocycles. The molecule has 1 N–H and O–H groups in total. The third-order valence-corrected chi connectivity index (χ3v) is 3.65. The van der Waals surface area contributed by atoms with Crippen molar-refractivity contribution < 1.29 is 14.3 Å². The van der Waals surface area contributed by atoms with Crippen LogP contribution in [0.4, 0.5) is 10.5 Å². The number of hydrogen-bond acceptors (Lipinski definition) is 3. The van der Waals surface area contributed by atoms with Crippen LogP contribution in [0.25, 0.3) is 0 Å². The Morgan fingerprint density at radius 1 is 1.40 bits per heavy atom. The molecule has 0 bridgehead atoms. The standard InChI is InChI=1S/C15H20INO3/c1-15(2,3)20-14(18)17-13-7-6-11(8-12(13)16)19-9-10-4-5-10/h6-8,10H,4-5,9H2,1-3H3,(H,17,18). The SMILES string of the molecule is CC(C)(C)OC(=O)Nc1ccc(OCC2CC2)cc1I. The summed E-state index contributed by atoms with van der Waals surface area (Å²) in [7, 11) is 0. The Bertz CT molecular complexity index is 492. The number of benzene rings is 1. The van der Waals surface area contributed by atoms with Crippen LogP contribution in [0, 0.1) is 9.49 Å². The van der Waals surface area contributed by atoms with Crippen LogP contribution in [0.2, 0.25) is 0 Å². The predicted molar refractivity (Wildman–Crippen MR) is 87.2 cm³/mol. The minimum absolute atomic E-state index is 0.443. The maximum Gasteiger partial charge on any atom is 0.412 e. The Morgan fingerprint density at radius 3 is 2.65 bits per heavy atom. The second-order valence-electron chi connectivity index (χ2n) is 6.02. The van der Waals surface area contributed by atoms with Crippen LogP contribution in [-0.2, 0) is 4.74 Å². The summed E-state index contributed by atoms with van der Waals surface area (Å²) in [5.74, 6) is 1.57. The molecule has 110 valence electrons. The molecule has 5 heteroatoms. The second kappa shape index (κ2) is 6.20. The predicted octanol–water partition coefficient (Wildman–Crippen LogP) is 4.43. The number of nitrogens with one attached hydrogen (secondary N) is 1. The van der Waals surface area contributed by atoms with Crippen molar-refractivity contribution in [3.63, 3.8) is 0 Å². The van der Waals surface area contributed by atoms with E-state index in [1.807, 2.05) is 39.0 Å². The van der Waals surface area contributed by atoms with Gasteiger partial charge in [0.05, 0.1) is 12.3 Å². The van der Waals surface area contributed by atoms with Gasteiger partial charge in [0.2, 0.25) is 0 Å². The number of anilines is 1. The van der Waals surface area contributed by atoms with Crippen molar-refractivity contribution in [1.82, 2.24) is 0 Å². The van der Waals surface area contributed by atoms with E-state index < -0.39 is 11.7 Å². The maximum atomic E-state index is 11.7. The summed E-state index contributed by atoms with van der Waals surface area (Å²) in [6.45, 7) is 6.31. The number of amides is 1. The van der Waals surface area contributed by atoms with Crippen LogP contribution in [-0.4, -0.2) is 18.3 Å². The normalized spacial score (nSPS) is 14.8. The molecule has 0 aliphatic heterocycles. The van der Waals surface area contributed by atoms with E-state index in [0.717, 1.165) is 27.5 Å². The van der Waals surface area contributed by atoms with Gasteiger partial charge in [-0.05, 0) is 80.3 Å². The van der Waals surface area contributed by atoms with Crippen molar-refractivity contribution in [3.8, 4) is 5.75 Å². The van der Waals surface area contributed by atoms with Crippen LogP contribution in [0.5, 0.6) is 5.75 Å². The first kappa shape index (κ1) is 15.4. The van der Waals surface area contributed by atoms with Crippen molar-refractivity contribution in [2.24, 2.45) is 5.92 Å². The minimum Gasteiger partial charge on any atom is -0.493 e. The fraction of sp³-hybridized carbons (Fsp3) is 0.533. The molecule has 1 amide bonds. The Labute approximate surface area is 133 Å². The molecule has 0 spiro atoms. The van der Waals surface area contributed by atoms with Gasteiger partial charge in [-0.2, -0.15) is 0 Å². The third kappa shape index (κ3) is 5.19. The monoisotopic (exact) mass is 389 g/mol. The van der Waals surface area contributed by atoms with Gasteiger partial charge in [-0.25, -0.2) is 4.79 Å². The largest absolute Gasteiger partial charge is 0.493 e. The molecule has 1 aliphatic carbocycles. The van der Waals surface area contributed by atoms with Gasteiger partial charge in [0.1, 0.15) is 11.4 Å². The van der Waals surface area contributed by atoms with Gasteiger partial charge in [-0.3, -0.25) is 5.32 Å². The number of hydrogen-bond donors (Lipinski definition) is 1. The molecule has 1 aromatic rings. The van der Waals surface area contributed by atoms with Crippen LogP contribution in [0.15, 0.2) is 18.2 Å². The van der Waals surface area contributed by atoms with Gasteiger partial charge >= 0.3 is 6.09 Å². The highest BCUT2D eigenvalue weighted by atomic mass is 127. The van der Waals surface area contributed by atoms with Crippen molar-refractivity contribution in [3.05, 3.63) is 21.8 Å². The van der Waals surface area contributed by atoms with Crippen LogP contribution >= 0.6 is 22.6 Å². The lowest BCUT2D eigenvalue weighted by molar-refractivity contribution is 0.0636. The highest BCUT2D eigenvalue weighted by molar-refractivity contribution is 14.1. The topological polar surface area (TPSA) is 47.6 Å². The Morgan fingerprint density at radius 2 is 2.10 bits per heavy atom. The number of carbonyl (C=O) groups is 1. The molecular formula is C15H20INO3. The Hall–Kier alpha value is -0.980. The van der Waals surface area contributed by atoms with Crippen molar-refractivity contribution in [1.29, 1.82) is 0 Å². The molecule has 0 heterocycles. The van der Waals surface area contributed by atoms with E-state index >= 15 is 0 Å². The number of ether oxygens (including phenoxy) is 2. The zero-order valence-electron chi connectivity index (χ0n) is 12.0. The highest BCUT2D eigenvalue weighted by Crippen LogP contribution is 2.30. The summed E-state index contributed by atoms with van der Waals surface area (Å²) in [5.41, 5.74) is 0.238. The van der Waals surface area contributed by atoms with Crippen molar-refractivity contribution in [2.75, 3.05) is 11.9 Å². The zero-order valence-corrected chi connectivity index (χ0v) is 14.2. The molecule has 0 radical (unpaired) electrons. The first-order valence-corrected chi connectivity index (χ1v) is 7.84. The molecule has 1 aliphatic rings. The maximum absolute atomic E-state index is 11.7. The van der Waals surface area contributed by atoms with E-state index in [1.54, 1.807) is 0 Å². The first-order valence-electron chi connectivity index (χ1n) is 6.76. The van der Waals surface area contributed by atoms with E-state index in [9.17, 15) is 4.79 Å². The number of carbonyl (C=O) groups excluding carboxylic acids is 1. The average Bonchev–Trinajstić information content (AvgIpc) is 3.11. The van der Waals surface area contributed by atoms with E-state index in [-0.39, 0.29) is 0 Å². The van der Waals surface area contributed by atoms with Gasteiger partial charge in [0, 0.05) is 3.57 Å². The van der Waals surface area contributed by atoms with Crippen LogP contribution < -0.4 is 10.1 Å². The van der Waals surface area contributed by atoms with Crippen LogP contribution in [0.3, 0.4) is 0 Å². The third-order valence-electron chi connectivity index (χ3n) is 2.76. The van der Waals surface area contributed by atoms with Gasteiger partial charge < -0.3 is 9.47 Å². The molecule has 1 aromatic carbocycles. The molecule has 2 rings (SSSR count). The summed E-state index contributed by atoms with van der Waals surface area (Å²) >= 11 is 2.18. The molecule has 0 atom stereocenters. The fourth-order valence-corrected chi connectivity index (χ4v) is 2.22. The summed E-state index contributed by atoms with van der Waals surface area (Å²) in [4.78, 5) is 11.7. The molecule has 1 fully saturated rings. The number of halogens is 1. The van der Waals surface area contributed by atoms with Gasteiger partial charge in [-0.1, -0.05) is 0 Å². The Balaban J connectivity index is 1.92. The van der Waals surface area contributed by atoms with Gasteiger partial charge in [0.15, 0.2) is 0 Å². The summed E-state index contributed by atoms with van der Waals surface area (Å²) < 4.78 is 11.9. The van der Waals surface area contributed by atoms with Crippen LogP contribution in [0.1, 0.15) is 33.6 Å². The molecule has 0 aromatic heterocycles. The van der Waals surface area contributed by atoms with Gasteiger partial charge in [-0.15, -0.1) is 0 Å². The molecule has 20 heavy (non-hydrogen) atoms. The average molecular weight is 389 g/mol. The second-order valence-corrected chi connectivity index (χ2v) is 7.19. The molecule has 0 unspecified atom stereocenters. The summed E-state index contributed by atoms with van der Waals surface area (Å²) in [5, 5.41) is 2.75. The van der Waals surface area contributed by atoms with Crippen molar-refractivity contribution in [2.45, 2.75) is 39.2 Å². The number of rotatable bonds is 4. The molecule has 0 saturated heterocycles. The lowest BCUT2D eigenvalue weighted by atomic mass is 10.2. The van der Waals surface area contributed by atoms with Gasteiger partial charge in [0.25, 0.3) is 0 Å². The quantitative estimate of drug-likeness (QED) is 0.776. The fourth-order valence-electron chi connectivity index (χ4n) is 1.60. The van der Waals surface area contributed by atoms with E-state index in [2.05, 4.69) is 27.9 Å². The smallest absolute Gasteiger partial charge is 0.412 e. The summed E-state index contributed by atoms with van der Waals surface area (Å²) in [6, 6.07) is 5.64. The first-order chi connectivity index (χ1) is 9.33. The van der Waals surface area contributed by atoms with E-state index in [4.69, 9.17) is 9.47 Å². The zero-order chi connectivity index (χ0) is 14.8. The van der Waals surface area contributed by atoms with E-state index in [0.29, 0.717) is 0 Å². The highest BCUT2D eigenvalue weighted by Gasteiger charge is 2.22. The lowest BCUT2D eigenvalue weighted by Gasteiger charge is -2.20. The van der Waals surface area contributed by atoms with E-state index in [1.165, 1.54) is 12.8 Å². The molecule has 4 nitrogen and oxygen atoms in total. The minimum atomic E-state index is -0.497. The molecular weight excluding hydrogens is 369 g/mol.